The molecular formula is C22H34N2O10P2S2. The van der Waals surface area contributed by atoms with Crippen LogP contribution < -0.4 is 20.1 Å². The van der Waals surface area contributed by atoms with Gasteiger partial charge in [0, 0.05) is 11.4 Å². The molecule has 214 valence electrons. The molecular weight excluding hydrogens is 578 g/mol. The molecule has 0 saturated carbocycles. The lowest BCUT2D eigenvalue weighted by Gasteiger charge is -2.10. The second-order valence-electron chi connectivity index (χ2n) is 8.85. The van der Waals surface area contributed by atoms with E-state index in [-0.39, 0.29) is 33.5 Å². The first-order valence-electron chi connectivity index (χ1n) is 11.9. The predicted octanol–water partition coefficient (Wildman–Crippen LogP) is 2.60. The smallest absolute Gasteiger partial charge is 0.321 e. The van der Waals surface area contributed by atoms with Crippen LogP contribution in [0.4, 0.5) is 11.4 Å². The normalized spacial score (nSPS) is 12.8. The minimum atomic E-state index is -4.38. The summed E-state index contributed by atoms with van der Waals surface area (Å²) in [5, 5.41) is -0.376. The Balaban J connectivity index is 1.56. The summed E-state index contributed by atoms with van der Waals surface area (Å²) in [6.45, 7) is 0. The quantitative estimate of drug-likeness (QED) is 0.114. The molecule has 0 unspecified atom stereocenters. The Bertz CT molecular complexity index is 1230. The van der Waals surface area contributed by atoms with Crippen LogP contribution >= 0.6 is 15.2 Å². The molecule has 2 rings (SSSR count). The lowest BCUT2D eigenvalue weighted by molar-refractivity contribution is 0.385. The molecule has 38 heavy (non-hydrogen) atoms. The highest BCUT2D eigenvalue weighted by Gasteiger charge is 2.18. The van der Waals surface area contributed by atoms with Gasteiger partial charge in [0.1, 0.15) is 0 Å². The molecule has 2 aromatic carbocycles. The molecule has 0 heterocycles. The van der Waals surface area contributed by atoms with Crippen LogP contribution in [0.1, 0.15) is 51.4 Å². The van der Waals surface area contributed by atoms with Gasteiger partial charge in [-0.2, -0.15) is 0 Å². The van der Waals surface area contributed by atoms with Crippen molar-refractivity contribution in [2.24, 2.45) is 0 Å². The third-order valence-corrected chi connectivity index (χ3v) is 10.2. The number of rotatable bonds is 17. The van der Waals surface area contributed by atoms with Crippen LogP contribution in [0.15, 0.2) is 48.5 Å². The van der Waals surface area contributed by atoms with Crippen molar-refractivity contribution in [2.75, 3.05) is 20.9 Å². The molecule has 0 aliphatic rings. The van der Waals surface area contributed by atoms with Gasteiger partial charge in [0.15, 0.2) is 0 Å². The molecule has 6 N–H and O–H groups in total. The average Bonchev–Trinajstić information content (AvgIpc) is 2.79. The number of unbranched alkanes of at least 4 members (excludes halogenated alkanes) is 7. The van der Waals surface area contributed by atoms with Crippen LogP contribution in [0.3, 0.4) is 0 Å². The van der Waals surface area contributed by atoms with Crippen LogP contribution in [0.25, 0.3) is 0 Å². The predicted molar refractivity (Wildman–Crippen MR) is 148 cm³/mol. The molecule has 0 aliphatic heterocycles. The van der Waals surface area contributed by atoms with Crippen molar-refractivity contribution in [2.45, 2.75) is 51.4 Å². The van der Waals surface area contributed by atoms with Crippen molar-refractivity contribution in [1.29, 1.82) is 0 Å². The largest absolute Gasteiger partial charge is 0.356 e. The molecule has 0 spiro atoms. The number of benzene rings is 2. The molecule has 0 amide bonds. The summed E-state index contributed by atoms with van der Waals surface area (Å²) in [7, 11) is -15.9. The van der Waals surface area contributed by atoms with E-state index in [2.05, 4.69) is 9.44 Å². The van der Waals surface area contributed by atoms with Gasteiger partial charge in [0.05, 0.1) is 22.1 Å². The minimum absolute atomic E-state index is 0.0693. The first-order chi connectivity index (χ1) is 17.6. The Labute approximate surface area is 223 Å². The van der Waals surface area contributed by atoms with Gasteiger partial charge in [-0.1, -0.05) is 38.5 Å². The molecule has 0 bridgehead atoms. The van der Waals surface area contributed by atoms with Gasteiger partial charge in [-0.05, 0) is 61.4 Å². The standard InChI is InChI=1S/C22H34N2O10P2S2/c25-35(26,27)21-13-9-19(10-14-21)23-37(31,32)17-7-5-3-1-2-4-6-8-18-38(33,34)24-20-11-15-22(16-12-20)36(28,29)30/h9-16,23-24H,1-8,17-18H2,(H2,25,26,27)(H2,28,29,30). The third-order valence-electron chi connectivity index (χ3n) is 5.53. The molecule has 12 nitrogen and oxygen atoms in total. The van der Waals surface area contributed by atoms with Gasteiger partial charge in [-0.25, -0.2) is 16.8 Å². The fourth-order valence-electron chi connectivity index (χ4n) is 3.55. The second-order valence-corrected chi connectivity index (χ2v) is 15.7. The Morgan fingerprint density at radius 2 is 0.763 bits per heavy atom. The molecule has 16 heteroatoms. The average molecular weight is 613 g/mol. The van der Waals surface area contributed by atoms with Gasteiger partial charge < -0.3 is 19.6 Å². The monoisotopic (exact) mass is 612 g/mol. The number of hydrogen-bond donors (Lipinski definition) is 6. The fraction of sp³-hybridized carbons (Fsp3) is 0.455. The molecule has 0 aromatic heterocycles. The maximum absolute atomic E-state index is 12.2. The van der Waals surface area contributed by atoms with Crippen LogP contribution in [0, 0.1) is 0 Å². The van der Waals surface area contributed by atoms with E-state index < -0.39 is 35.2 Å². The van der Waals surface area contributed by atoms with E-state index in [1.807, 2.05) is 0 Å². The highest BCUT2D eigenvalue weighted by atomic mass is 32.2. The number of anilines is 2. The zero-order valence-electron chi connectivity index (χ0n) is 20.6. The summed E-state index contributed by atoms with van der Waals surface area (Å²) >= 11 is 0. The van der Waals surface area contributed by atoms with Gasteiger partial charge in [0.2, 0.25) is 20.0 Å². The highest BCUT2D eigenvalue weighted by Crippen LogP contribution is 2.34. The lowest BCUT2D eigenvalue weighted by atomic mass is 10.1. The number of nitrogens with one attached hydrogen (secondary N) is 2. The maximum atomic E-state index is 12.2. The SMILES string of the molecule is O=P(O)(O)c1ccc(NS(=O)(=O)CCCCCCCCCCS(=O)(=O)Nc2ccc(P(=O)(O)O)cc2)cc1. The molecule has 0 fully saturated rings. The van der Waals surface area contributed by atoms with Gasteiger partial charge >= 0.3 is 15.2 Å². The van der Waals surface area contributed by atoms with E-state index in [4.69, 9.17) is 19.6 Å². The van der Waals surface area contributed by atoms with Crippen LogP contribution in [0.2, 0.25) is 0 Å². The van der Waals surface area contributed by atoms with Gasteiger partial charge in [-0.15, -0.1) is 0 Å². The van der Waals surface area contributed by atoms with Crippen molar-refractivity contribution < 1.29 is 45.5 Å². The van der Waals surface area contributed by atoms with Crippen LogP contribution in [-0.4, -0.2) is 47.9 Å². The summed E-state index contributed by atoms with van der Waals surface area (Å²) in [6, 6.07) is 9.94. The topological polar surface area (TPSA) is 207 Å². The Morgan fingerprint density at radius 3 is 1.03 bits per heavy atom. The van der Waals surface area contributed by atoms with Crippen molar-refractivity contribution in [1.82, 2.24) is 0 Å². The summed E-state index contributed by atoms with van der Waals surface area (Å²) in [6.07, 6.45) is 5.86. The minimum Gasteiger partial charge on any atom is -0.321 e. The Kier molecular flexibility index (Phi) is 12.0. The van der Waals surface area contributed by atoms with E-state index in [1.165, 1.54) is 48.5 Å². The van der Waals surface area contributed by atoms with Crippen molar-refractivity contribution in [3.63, 3.8) is 0 Å². The maximum Gasteiger partial charge on any atom is 0.356 e. The van der Waals surface area contributed by atoms with E-state index in [9.17, 15) is 26.0 Å². The van der Waals surface area contributed by atoms with Crippen LogP contribution in [-0.2, 0) is 29.2 Å². The Morgan fingerprint density at radius 1 is 0.500 bits per heavy atom. The van der Waals surface area contributed by atoms with Crippen LogP contribution in [0.5, 0.6) is 0 Å². The lowest BCUT2D eigenvalue weighted by Crippen LogP contribution is -2.17. The second kappa shape index (κ2) is 14.0. The molecule has 0 radical (unpaired) electrons. The molecule has 0 aliphatic carbocycles. The van der Waals surface area contributed by atoms with Crippen molar-refractivity contribution in [3.05, 3.63) is 48.5 Å². The summed E-state index contributed by atoms with van der Waals surface area (Å²) in [5.41, 5.74) is 0.467. The van der Waals surface area contributed by atoms with Crippen molar-refractivity contribution in [3.8, 4) is 0 Å². The third kappa shape index (κ3) is 12.4. The molecule has 2 aromatic rings. The van der Waals surface area contributed by atoms with Gasteiger partial charge in [0.25, 0.3) is 0 Å². The summed E-state index contributed by atoms with van der Waals surface area (Å²) < 4.78 is 75.9. The van der Waals surface area contributed by atoms with E-state index in [1.54, 1.807) is 0 Å². The van der Waals surface area contributed by atoms with Crippen molar-refractivity contribution >= 4 is 57.2 Å². The van der Waals surface area contributed by atoms with Gasteiger partial charge in [-0.3, -0.25) is 18.6 Å². The summed E-state index contributed by atoms with van der Waals surface area (Å²) in [5.74, 6) is -0.139. The number of hydrogen-bond acceptors (Lipinski definition) is 6. The van der Waals surface area contributed by atoms with E-state index in [0.717, 1.165) is 38.5 Å². The molecule has 0 atom stereocenters. The van der Waals surface area contributed by atoms with E-state index >= 15 is 0 Å². The highest BCUT2D eigenvalue weighted by molar-refractivity contribution is 7.92. The Hall–Kier alpha value is -1.76. The molecule has 0 saturated heterocycles. The first-order valence-corrected chi connectivity index (χ1v) is 18.4. The zero-order valence-corrected chi connectivity index (χ0v) is 24.1. The number of sulfonamides is 2. The van der Waals surface area contributed by atoms with E-state index in [0.29, 0.717) is 12.8 Å². The zero-order chi connectivity index (χ0) is 28.5. The fourth-order valence-corrected chi connectivity index (χ4v) is 6.99. The summed E-state index contributed by atoms with van der Waals surface area (Å²) in [4.78, 5) is 36.4. The first kappa shape index (κ1) is 32.5.